The van der Waals surface area contributed by atoms with Gasteiger partial charge < -0.3 is 11.2 Å². The topological polar surface area (TPSA) is 99.0 Å². The molecule has 0 spiro atoms. The van der Waals surface area contributed by atoms with Gasteiger partial charge in [0.25, 0.3) is 0 Å². The molecule has 0 aromatic heterocycles. The van der Waals surface area contributed by atoms with Crippen molar-refractivity contribution in [3.05, 3.63) is 4.91 Å². The van der Waals surface area contributed by atoms with Crippen LogP contribution in [0.1, 0.15) is 36.1 Å². The Hall–Kier alpha value is -0.186. The Balaban J connectivity index is -0.00000000840. The van der Waals surface area contributed by atoms with E-state index in [0.29, 0.717) is 6.54 Å². The summed E-state index contributed by atoms with van der Waals surface area (Å²) in [6.45, 7) is 5.07. The molecule has 0 bridgehead atoms. The number of nitrogens with zero attached hydrogens (tertiary/aromatic N) is 1. The predicted octanol–water partition coefficient (Wildman–Crippen LogP) is 1.32. The van der Waals surface area contributed by atoms with E-state index in [1.807, 2.05) is 6.92 Å². The summed E-state index contributed by atoms with van der Waals surface area (Å²) < 4.78 is 0. The van der Waals surface area contributed by atoms with Crippen LogP contribution >= 0.6 is 0 Å². The molecule has 5 N–H and O–H groups in total. The third kappa shape index (κ3) is 346. The summed E-state index contributed by atoms with van der Waals surface area (Å²) >= 11 is 0. The number of hydrogen-bond acceptors (Lipinski definition) is 3. The standard InChI is InChI=1S/C2H6N2O.C2H7N.3CH4.Ni.H2O/c1-2-3-4-5;1-2-3;;;;;/h2H2,1H3,(H,3,5);2-3H2,1H3;3*1H4;;1H2. The first-order valence-electron chi connectivity index (χ1n) is 2.58. The van der Waals surface area contributed by atoms with Crippen molar-refractivity contribution in [2.75, 3.05) is 13.1 Å². The minimum absolute atomic E-state index is 0. The van der Waals surface area contributed by atoms with E-state index in [1.165, 1.54) is 0 Å². The van der Waals surface area contributed by atoms with Crippen LogP contribution in [0.2, 0.25) is 0 Å². The molecule has 0 radical (unpaired) electrons. The van der Waals surface area contributed by atoms with Gasteiger partial charge in [-0.3, -0.25) is 5.43 Å². The van der Waals surface area contributed by atoms with Gasteiger partial charge in [0.05, 0.1) is 0 Å². The average Bonchev–Trinajstić information content (AvgIpc) is 1.71. The monoisotopic (exact) mass is 243 g/mol. The molecular formula is C7H27N3NiO2. The molecule has 0 saturated carbocycles. The van der Waals surface area contributed by atoms with E-state index in [0.717, 1.165) is 6.54 Å². The van der Waals surface area contributed by atoms with Crippen molar-refractivity contribution in [3.63, 3.8) is 0 Å². The van der Waals surface area contributed by atoms with Crippen molar-refractivity contribution >= 4 is 0 Å². The van der Waals surface area contributed by atoms with E-state index in [2.05, 4.69) is 10.7 Å². The van der Waals surface area contributed by atoms with Crippen LogP contribution in [-0.4, -0.2) is 18.6 Å². The zero-order chi connectivity index (χ0) is 6.83. The number of rotatable bonds is 2. The van der Waals surface area contributed by atoms with Gasteiger partial charge in [-0.05, 0) is 13.5 Å². The second-order valence-corrected chi connectivity index (χ2v) is 1.01. The van der Waals surface area contributed by atoms with Crippen LogP contribution in [0, 0.1) is 4.91 Å². The summed E-state index contributed by atoms with van der Waals surface area (Å²) in [5.41, 5.74) is 7.03. The minimum atomic E-state index is 0. The maximum atomic E-state index is 9.04. The molecule has 0 aliphatic heterocycles. The summed E-state index contributed by atoms with van der Waals surface area (Å²) in [6.07, 6.45) is 0. The second-order valence-electron chi connectivity index (χ2n) is 1.01. The van der Waals surface area contributed by atoms with Gasteiger partial charge in [-0.2, -0.15) is 0 Å². The largest absolute Gasteiger partial charge is 0.412 e. The van der Waals surface area contributed by atoms with Crippen LogP contribution in [0.25, 0.3) is 0 Å². The summed E-state index contributed by atoms with van der Waals surface area (Å²) in [7, 11) is 0. The first kappa shape index (κ1) is 52.9. The van der Waals surface area contributed by atoms with Gasteiger partial charge in [-0.25, -0.2) is 0 Å². The summed E-state index contributed by atoms with van der Waals surface area (Å²) in [5, 5.41) is 2.35. The van der Waals surface area contributed by atoms with Crippen LogP contribution in [0.5, 0.6) is 0 Å². The third-order valence-electron chi connectivity index (χ3n) is 0.223. The molecule has 0 heterocycles. The molecule has 0 fully saturated rings. The molecule has 92 valence electrons. The Bertz CT molecular complexity index is 50.7. The molecule has 6 heteroatoms. The Morgan fingerprint density at radius 3 is 1.46 bits per heavy atom. The molecule has 0 aliphatic carbocycles. The van der Waals surface area contributed by atoms with Crippen LogP contribution in [0.4, 0.5) is 0 Å². The summed E-state index contributed by atoms with van der Waals surface area (Å²) in [5.74, 6) is 0. The molecule has 0 atom stereocenters. The zero-order valence-corrected chi connectivity index (χ0v) is 7.15. The predicted molar refractivity (Wildman–Crippen MR) is 58.0 cm³/mol. The zero-order valence-electron chi connectivity index (χ0n) is 6.16. The summed E-state index contributed by atoms with van der Waals surface area (Å²) in [6, 6.07) is 0. The number of nitrogens with one attached hydrogen (secondary N) is 1. The van der Waals surface area contributed by atoms with Gasteiger partial charge in [-0.1, -0.05) is 29.2 Å². The number of hydrogen-bond donors (Lipinski definition) is 2. The molecule has 13 heavy (non-hydrogen) atoms. The SMILES string of the molecule is C.C.C.CCN.CCNN=O.O.[Ni]. The third-order valence-corrected chi connectivity index (χ3v) is 0.223. The van der Waals surface area contributed by atoms with Crippen LogP contribution in [0.15, 0.2) is 5.29 Å². The van der Waals surface area contributed by atoms with Gasteiger partial charge in [0, 0.05) is 28.3 Å². The first-order valence-corrected chi connectivity index (χ1v) is 2.58. The van der Waals surface area contributed by atoms with E-state index in [1.54, 1.807) is 6.92 Å². The van der Waals surface area contributed by atoms with Crippen molar-refractivity contribution < 1.29 is 22.0 Å². The van der Waals surface area contributed by atoms with Crippen molar-refractivity contribution in [2.24, 2.45) is 11.0 Å². The molecule has 0 aromatic carbocycles. The fraction of sp³-hybridized carbons (Fsp3) is 1.00. The van der Waals surface area contributed by atoms with E-state index >= 15 is 0 Å². The van der Waals surface area contributed by atoms with E-state index in [9.17, 15) is 0 Å². The van der Waals surface area contributed by atoms with Crippen LogP contribution in [0.3, 0.4) is 0 Å². The van der Waals surface area contributed by atoms with Gasteiger partial charge >= 0.3 is 0 Å². The van der Waals surface area contributed by atoms with Crippen LogP contribution < -0.4 is 11.2 Å². The van der Waals surface area contributed by atoms with Crippen LogP contribution in [-0.2, 0) is 16.5 Å². The van der Waals surface area contributed by atoms with Crippen molar-refractivity contribution in [1.82, 2.24) is 5.43 Å². The molecule has 0 rings (SSSR count). The van der Waals surface area contributed by atoms with Gasteiger partial charge in [0.1, 0.15) is 0 Å². The van der Waals surface area contributed by atoms with E-state index in [4.69, 9.17) is 10.6 Å². The van der Waals surface area contributed by atoms with E-state index in [-0.39, 0.29) is 44.2 Å². The van der Waals surface area contributed by atoms with Gasteiger partial charge in [0.2, 0.25) is 0 Å². The second kappa shape index (κ2) is 95.0. The molecular weight excluding hydrogens is 217 g/mol. The Labute approximate surface area is 93.0 Å². The molecule has 0 aliphatic rings. The fourth-order valence-electron chi connectivity index (χ4n) is 0.0645. The quantitative estimate of drug-likeness (QED) is 0.435. The fourth-order valence-corrected chi connectivity index (χ4v) is 0.0645. The van der Waals surface area contributed by atoms with Crippen molar-refractivity contribution in [1.29, 1.82) is 0 Å². The number of nitrogens with two attached hydrogens (primary N) is 1. The van der Waals surface area contributed by atoms with Crippen molar-refractivity contribution in [3.8, 4) is 0 Å². The van der Waals surface area contributed by atoms with E-state index < -0.39 is 0 Å². The number of nitroso groups, excluding NO2 is 1. The maximum absolute atomic E-state index is 9.04. The molecule has 5 nitrogen and oxygen atoms in total. The first-order chi connectivity index (χ1) is 3.83. The molecule has 0 aromatic rings. The van der Waals surface area contributed by atoms with Crippen molar-refractivity contribution in [2.45, 2.75) is 36.1 Å². The molecule has 0 unspecified atom stereocenters. The molecule has 0 saturated heterocycles. The Kier molecular flexibility index (Phi) is 387. The minimum Gasteiger partial charge on any atom is -0.412 e. The average molecular weight is 244 g/mol. The Morgan fingerprint density at radius 2 is 1.46 bits per heavy atom. The maximum Gasteiger partial charge on any atom is 0.0496 e. The summed E-state index contributed by atoms with van der Waals surface area (Å²) in [4.78, 5) is 9.04. The molecule has 0 amide bonds. The smallest absolute Gasteiger partial charge is 0.0496 e. The van der Waals surface area contributed by atoms with Gasteiger partial charge in [-0.15, -0.1) is 4.91 Å². The normalized spacial score (nSPS) is 3.92. The Morgan fingerprint density at radius 1 is 1.23 bits per heavy atom. The van der Waals surface area contributed by atoms with Gasteiger partial charge in [0.15, 0.2) is 0 Å².